The number of halogens is 1. The zero-order valence-electron chi connectivity index (χ0n) is 11.1. The number of guanidine groups is 1. The van der Waals surface area contributed by atoms with Gasteiger partial charge in [0.2, 0.25) is 0 Å². The van der Waals surface area contributed by atoms with Gasteiger partial charge in [0.05, 0.1) is 6.54 Å². The fraction of sp³-hybridized carbons (Fsp3) is 0.188. The maximum atomic E-state index is 5.93. The molecule has 3 rings (SSSR count). The van der Waals surface area contributed by atoms with Crippen molar-refractivity contribution in [2.24, 2.45) is 4.99 Å². The molecule has 0 aliphatic carbocycles. The fourth-order valence-corrected chi connectivity index (χ4v) is 2.37. The minimum absolute atomic E-state index is 0.753. The average molecular weight is 286 g/mol. The van der Waals surface area contributed by atoms with Gasteiger partial charge in [0.15, 0.2) is 5.96 Å². The number of aliphatic imine (C=N–C) groups is 1. The largest absolute Gasteiger partial charge is 0.352 e. The Hall–Kier alpha value is -2.00. The van der Waals surface area contributed by atoms with E-state index in [0.29, 0.717) is 0 Å². The summed E-state index contributed by atoms with van der Waals surface area (Å²) in [5.74, 6) is 0.927. The SMILES string of the molecule is Clc1ccc(N2CCN=C2NCc2ccccc2)cc1. The molecule has 3 nitrogen and oxygen atoms in total. The third-order valence-corrected chi connectivity index (χ3v) is 3.52. The molecule has 2 aromatic rings. The molecule has 1 aliphatic rings. The van der Waals surface area contributed by atoms with Gasteiger partial charge in [0.25, 0.3) is 0 Å². The highest BCUT2D eigenvalue weighted by atomic mass is 35.5. The first kappa shape index (κ1) is 13.0. The Balaban J connectivity index is 1.68. The van der Waals surface area contributed by atoms with Gasteiger partial charge in [0.1, 0.15) is 0 Å². The fourth-order valence-electron chi connectivity index (χ4n) is 2.25. The van der Waals surface area contributed by atoms with Crippen molar-refractivity contribution in [1.82, 2.24) is 5.32 Å². The van der Waals surface area contributed by atoms with Crippen LogP contribution in [-0.2, 0) is 6.54 Å². The molecule has 1 N–H and O–H groups in total. The summed E-state index contributed by atoms with van der Waals surface area (Å²) < 4.78 is 0. The van der Waals surface area contributed by atoms with Gasteiger partial charge in [0, 0.05) is 23.8 Å². The quantitative estimate of drug-likeness (QED) is 0.937. The highest BCUT2D eigenvalue weighted by molar-refractivity contribution is 6.30. The molecular formula is C16H16ClN3. The zero-order valence-corrected chi connectivity index (χ0v) is 11.8. The van der Waals surface area contributed by atoms with E-state index >= 15 is 0 Å². The van der Waals surface area contributed by atoms with E-state index in [1.807, 2.05) is 42.5 Å². The molecule has 102 valence electrons. The van der Waals surface area contributed by atoms with Gasteiger partial charge in [-0.1, -0.05) is 41.9 Å². The highest BCUT2D eigenvalue weighted by Crippen LogP contribution is 2.20. The summed E-state index contributed by atoms with van der Waals surface area (Å²) in [7, 11) is 0. The third kappa shape index (κ3) is 2.94. The van der Waals surface area contributed by atoms with Crippen molar-refractivity contribution in [3.63, 3.8) is 0 Å². The van der Waals surface area contributed by atoms with E-state index in [0.717, 1.165) is 36.3 Å². The van der Waals surface area contributed by atoms with Crippen molar-refractivity contribution >= 4 is 23.2 Å². The van der Waals surface area contributed by atoms with Crippen LogP contribution in [0.2, 0.25) is 5.02 Å². The van der Waals surface area contributed by atoms with Crippen LogP contribution in [0.1, 0.15) is 5.56 Å². The molecule has 0 radical (unpaired) electrons. The predicted molar refractivity (Wildman–Crippen MR) is 84.4 cm³/mol. The van der Waals surface area contributed by atoms with Gasteiger partial charge in [-0.05, 0) is 29.8 Å². The first-order valence-corrected chi connectivity index (χ1v) is 7.06. The van der Waals surface area contributed by atoms with E-state index in [1.165, 1.54) is 5.56 Å². The first-order valence-electron chi connectivity index (χ1n) is 6.68. The molecule has 4 heteroatoms. The Morgan fingerprint density at radius 2 is 1.80 bits per heavy atom. The van der Waals surface area contributed by atoms with Gasteiger partial charge in [-0.2, -0.15) is 0 Å². The number of hydrogen-bond donors (Lipinski definition) is 1. The van der Waals surface area contributed by atoms with Crippen LogP contribution in [-0.4, -0.2) is 19.0 Å². The van der Waals surface area contributed by atoms with Crippen LogP contribution in [0.25, 0.3) is 0 Å². The molecule has 0 bridgehead atoms. The van der Waals surface area contributed by atoms with Gasteiger partial charge < -0.3 is 10.2 Å². The molecule has 0 amide bonds. The van der Waals surface area contributed by atoms with Gasteiger partial charge in [-0.25, -0.2) is 0 Å². The van der Waals surface area contributed by atoms with E-state index in [4.69, 9.17) is 11.6 Å². The molecule has 20 heavy (non-hydrogen) atoms. The molecule has 2 aromatic carbocycles. The van der Waals surface area contributed by atoms with Crippen molar-refractivity contribution in [3.8, 4) is 0 Å². The van der Waals surface area contributed by atoms with Crippen molar-refractivity contribution in [3.05, 3.63) is 65.2 Å². The minimum atomic E-state index is 0.753. The smallest absolute Gasteiger partial charge is 0.198 e. The number of nitrogens with zero attached hydrogens (tertiary/aromatic N) is 2. The second-order valence-corrected chi connectivity index (χ2v) is 5.11. The number of benzene rings is 2. The lowest BCUT2D eigenvalue weighted by atomic mass is 10.2. The van der Waals surface area contributed by atoms with Crippen molar-refractivity contribution in [2.75, 3.05) is 18.0 Å². The van der Waals surface area contributed by atoms with Crippen LogP contribution < -0.4 is 10.2 Å². The standard InChI is InChI=1S/C16H16ClN3/c17-14-6-8-15(9-7-14)20-11-10-18-16(20)19-12-13-4-2-1-3-5-13/h1-9H,10-12H2,(H,18,19). The summed E-state index contributed by atoms with van der Waals surface area (Å²) in [4.78, 5) is 6.71. The molecule has 1 heterocycles. The molecule has 0 unspecified atom stereocenters. The molecule has 0 saturated heterocycles. The first-order chi connectivity index (χ1) is 9.83. The Kier molecular flexibility index (Phi) is 3.88. The average Bonchev–Trinajstić information content (AvgIpc) is 2.95. The third-order valence-electron chi connectivity index (χ3n) is 3.27. The van der Waals surface area contributed by atoms with Gasteiger partial charge in [-0.15, -0.1) is 0 Å². The number of nitrogens with one attached hydrogen (secondary N) is 1. The van der Waals surface area contributed by atoms with Crippen molar-refractivity contribution in [1.29, 1.82) is 0 Å². The highest BCUT2D eigenvalue weighted by Gasteiger charge is 2.18. The molecular weight excluding hydrogens is 270 g/mol. The maximum absolute atomic E-state index is 5.93. The normalized spacial score (nSPS) is 14.2. The lowest BCUT2D eigenvalue weighted by Crippen LogP contribution is -2.38. The summed E-state index contributed by atoms with van der Waals surface area (Å²) in [6, 6.07) is 18.2. The second kappa shape index (κ2) is 5.97. The molecule has 0 fully saturated rings. The number of hydrogen-bond acceptors (Lipinski definition) is 3. The summed E-state index contributed by atoms with van der Waals surface area (Å²) >= 11 is 5.93. The molecule has 0 aromatic heterocycles. The topological polar surface area (TPSA) is 27.6 Å². The number of anilines is 1. The zero-order chi connectivity index (χ0) is 13.8. The maximum Gasteiger partial charge on any atom is 0.198 e. The van der Waals surface area contributed by atoms with Gasteiger partial charge >= 0.3 is 0 Å². The molecule has 0 spiro atoms. The molecule has 0 saturated carbocycles. The lowest BCUT2D eigenvalue weighted by molar-refractivity contribution is 0.895. The Morgan fingerprint density at radius 1 is 1.05 bits per heavy atom. The van der Waals surface area contributed by atoms with Crippen LogP contribution in [0.5, 0.6) is 0 Å². The number of rotatable bonds is 3. The Bertz CT molecular complexity index is 593. The summed E-state index contributed by atoms with van der Waals surface area (Å²) in [5.41, 5.74) is 2.37. The van der Waals surface area contributed by atoms with E-state index in [1.54, 1.807) is 0 Å². The van der Waals surface area contributed by atoms with Gasteiger partial charge in [-0.3, -0.25) is 4.99 Å². The van der Waals surface area contributed by atoms with Crippen molar-refractivity contribution in [2.45, 2.75) is 6.54 Å². The summed E-state index contributed by atoms with van der Waals surface area (Å²) in [5, 5.41) is 4.16. The Morgan fingerprint density at radius 3 is 2.55 bits per heavy atom. The second-order valence-electron chi connectivity index (χ2n) is 4.67. The summed E-state index contributed by atoms with van der Waals surface area (Å²) in [6.07, 6.45) is 0. The minimum Gasteiger partial charge on any atom is -0.352 e. The van der Waals surface area contributed by atoms with E-state index in [2.05, 4.69) is 27.3 Å². The summed E-state index contributed by atoms with van der Waals surface area (Å²) in [6.45, 7) is 2.50. The van der Waals surface area contributed by atoms with Crippen LogP contribution in [0.3, 0.4) is 0 Å². The molecule has 1 aliphatic heterocycles. The predicted octanol–water partition coefficient (Wildman–Crippen LogP) is 3.31. The lowest BCUT2D eigenvalue weighted by Gasteiger charge is -2.21. The van der Waals surface area contributed by atoms with Crippen LogP contribution in [0.15, 0.2) is 59.6 Å². The monoisotopic (exact) mass is 285 g/mol. The molecule has 0 atom stereocenters. The Labute approximate surface area is 123 Å². The van der Waals surface area contributed by atoms with Crippen LogP contribution >= 0.6 is 11.6 Å². The van der Waals surface area contributed by atoms with E-state index < -0.39 is 0 Å². The van der Waals surface area contributed by atoms with Crippen LogP contribution in [0, 0.1) is 0 Å². The van der Waals surface area contributed by atoms with E-state index in [9.17, 15) is 0 Å². The van der Waals surface area contributed by atoms with Crippen molar-refractivity contribution < 1.29 is 0 Å². The van der Waals surface area contributed by atoms with Crippen LogP contribution in [0.4, 0.5) is 5.69 Å². The van der Waals surface area contributed by atoms with E-state index in [-0.39, 0.29) is 0 Å².